The number of fused-ring (bicyclic) bond motifs is 6. The van der Waals surface area contributed by atoms with E-state index in [1.54, 1.807) is 0 Å². The third-order valence-electron chi connectivity index (χ3n) is 4.97. The Hall–Kier alpha value is -0.960. The van der Waals surface area contributed by atoms with Gasteiger partial charge in [-0.3, -0.25) is 0 Å². The van der Waals surface area contributed by atoms with Crippen molar-refractivity contribution < 1.29 is 0 Å². The minimum absolute atomic E-state index is 0.0248. The lowest BCUT2D eigenvalue weighted by Gasteiger charge is -2.31. The number of rotatable bonds is 0. The maximum atomic E-state index is 4.90. The first-order chi connectivity index (χ1) is 8.54. The van der Waals surface area contributed by atoms with Gasteiger partial charge in [0.1, 0.15) is 0 Å². The average Bonchev–Trinajstić information content (AvgIpc) is 2.68. The van der Waals surface area contributed by atoms with Crippen molar-refractivity contribution in [3.05, 3.63) is 35.7 Å². The predicted molar refractivity (Wildman–Crippen MR) is 75.9 cm³/mol. The molecule has 18 heavy (non-hydrogen) atoms. The van der Waals surface area contributed by atoms with E-state index < -0.39 is 0 Å². The van der Waals surface area contributed by atoms with Crippen molar-refractivity contribution in [2.75, 3.05) is 0 Å². The van der Waals surface area contributed by atoms with Crippen LogP contribution in [-0.2, 0) is 4.32 Å². The highest BCUT2D eigenvalue weighted by molar-refractivity contribution is 9.09. The summed E-state index contributed by atoms with van der Waals surface area (Å²) in [6, 6.07) is 8.18. The van der Waals surface area contributed by atoms with E-state index in [4.69, 9.17) is 9.97 Å². The lowest BCUT2D eigenvalue weighted by molar-refractivity contribution is 0.301. The van der Waals surface area contributed by atoms with E-state index in [2.05, 4.69) is 41.9 Å². The van der Waals surface area contributed by atoms with Crippen LogP contribution in [0.5, 0.6) is 0 Å². The molecule has 2 aliphatic carbocycles. The van der Waals surface area contributed by atoms with Crippen molar-refractivity contribution in [3.8, 4) is 0 Å². The molecule has 4 rings (SSSR count). The smallest absolute Gasteiger partial charge is 0.0891 e. The monoisotopic (exact) mass is 302 g/mol. The van der Waals surface area contributed by atoms with E-state index in [9.17, 15) is 0 Å². The predicted octanol–water partition coefficient (Wildman–Crippen LogP) is 4.14. The Labute approximate surface area is 115 Å². The molecule has 1 aromatic heterocycles. The van der Waals surface area contributed by atoms with Crippen LogP contribution in [0, 0.1) is 5.41 Å². The zero-order valence-electron chi connectivity index (χ0n) is 10.6. The van der Waals surface area contributed by atoms with Crippen molar-refractivity contribution in [1.29, 1.82) is 0 Å². The molecule has 0 saturated heterocycles. The third-order valence-corrected chi connectivity index (χ3v) is 6.77. The molecule has 0 N–H and O–H groups in total. The van der Waals surface area contributed by atoms with E-state index >= 15 is 0 Å². The van der Waals surface area contributed by atoms with Crippen LogP contribution in [0.3, 0.4) is 0 Å². The quantitative estimate of drug-likeness (QED) is 0.684. The highest BCUT2D eigenvalue weighted by atomic mass is 79.9. The van der Waals surface area contributed by atoms with Crippen LogP contribution in [0.25, 0.3) is 11.0 Å². The van der Waals surface area contributed by atoms with Crippen LogP contribution >= 0.6 is 15.9 Å². The zero-order valence-corrected chi connectivity index (χ0v) is 12.2. The molecule has 2 nitrogen and oxygen atoms in total. The van der Waals surface area contributed by atoms with Crippen LogP contribution in [0.4, 0.5) is 0 Å². The third kappa shape index (κ3) is 1.05. The van der Waals surface area contributed by atoms with E-state index in [-0.39, 0.29) is 9.74 Å². The van der Waals surface area contributed by atoms with Crippen LogP contribution in [-0.4, -0.2) is 9.97 Å². The first-order valence-corrected chi connectivity index (χ1v) is 7.29. The van der Waals surface area contributed by atoms with E-state index in [1.165, 1.54) is 24.2 Å². The summed E-state index contributed by atoms with van der Waals surface area (Å²) in [5, 5.41) is 0. The lowest BCUT2D eigenvalue weighted by Crippen LogP contribution is -2.28. The topological polar surface area (TPSA) is 25.8 Å². The summed E-state index contributed by atoms with van der Waals surface area (Å²) in [6.45, 7) is 4.68. The largest absolute Gasteiger partial charge is 0.249 e. The van der Waals surface area contributed by atoms with Gasteiger partial charge in [-0.2, -0.15) is 0 Å². The number of hydrogen-bond acceptors (Lipinski definition) is 2. The Morgan fingerprint density at radius 3 is 2.56 bits per heavy atom. The lowest BCUT2D eigenvalue weighted by atomic mass is 9.81. The molecule has 1 aromatic carbocycles. The van der Waals surface area contributed by atoms with E-state index in [1.807, 2.05) is 12.1 Å². The molecular weight excluding hydrogens is 288 g/mol. The fourth-order valence-corrected chi connectivity index (χ4v) is 4.55. The molecule has 1 fully saturated rings. The van der Waals surface area contributed by atoms with Gasteiger partial charge in [-0.15, -0.1) is 0 Å². The fourth-order valence-electron chi connectivity index (χ4n) is 3.75. The van der Waals surface area contributed by atoms with Crippen LogP contribution in [0.15, 0.2) is 24.3 Å². The summed E-state index contributed by atoms with van der Waals surface area (Å²) < 4.78 is 0.0248. The number of nitrogens with zero attached hydrogens (tertiary/aromatic N) is 2. The summed E-state index contributed by atoms with van der Waals surface area (Å²) >= 11 is 3.99. The van der Waals surface area contributed by atoms with Crippen molar-refractivity contribution >= 4 is 27.0 Å². The number of para-hydroxylation sites is 2. The van der Waals surface area contributed by atoms with Gasteiger partial charge in [-0.25, -0.2) is 9.97 Å². The Morgan fingerprint density at radius 2 is 1.83 bits per heavy atom. The Bertz CT molecular complexity index is 665. The molecule has 0 spiro atoms. The molecule has 0 amide bonds. The molecule has 2 aromatic rings. The maximum absolute atomic E-state index is 4.90. The molecule has 2 bridgehead atoms. The summed E-state index contributed by atoms with van der Waals surface area (Å²) in [5.74, 6) is 0.545. The van der Waals surface area contributed by atoms with Gasteiger partial charge in [0.25, 0.3) is 0 Å². The van der Waals surface area contributed by atoms with Gasteiger partial charge in [0.2, 0.25) is 0 Å². The normalized spacial score (nSPS) is 31.8. The van der Waals surface area contributed by atoms with Gasteiger partial charge in [-0.05, 0) is 30.4 Å². The molecule has 0 radical (unpaired) electrons. The van der Waals surface area contributed by atoms with Gasteiger partial charge < -0.3 is 0 Å². The van der Waals surface area contributed by atoms with E-state index in [0.717, 1.165) is 11.0 Å². The number of alkyl halides is 1. The first kappa shape index (κ1) is 10.9. The molecule has 2 aliphatic rings. The van der Waals surface area contributed by atoms with Crippen molar-refractivity contribution in [3.63, 3.8) is 0 Å². The molecular formula is C15H15BrN2. The summed E-state index contributed by atoms with van der Waals surface area (Å²) in [6.07, 6.45) is 2.39. The highest BCUT2D eigenvalue weighted by Gasteiger charge is 2.62. The summed E-state index contributed by atoms with van der Waals surface area (Å²) in [4.78, 5) is 9.78. The SMILES string of the molecule is CC1(C)[C@H]2CC[C@@]1(Br)c1nc3ccccc3nc12. The second-order valence-electron chi connectivity index (χ2n) is 6.06. The summed E-state index contributed by atoms with van der Waals surface area (Å²) in [5.41, 5.74) is 4.66. The zero-order chi connectivity index (χ0) is 12.5. The van der Waals surface area contributed by atoms with Crippen molar-refractivity contribution in [2.24, 2.45) is 5.41 Å². The maximum Gasteiger partial charge on any atom is 0.0891 e. The second-order valence-corrected chi connectivity index (χ2v) is 7.41. The molecule has 1 saturated carbocycles. The molecule has 0 unspecified atom stereocenters. The molecule has 2 atom stereocenters. The van der Waals surface area contributed by atoms with Crippen LogP contribution < -0.4 is 0 Å². The number of halogens is 1. The fraction of sp³-hybridized carbons (Fsp3) is 0.467. The van der Waals surface area contributed by atoms with Gasteiger partial charge in [0.05, 0.1) is 26.7 Å². The van der Waals surface area contributed by atoms with Crippen molar-refractivity contribution in [2.45, 2.75) is 36.9 Å². The Kier molecular flexibility index (Phi) is 1.90. The minimum atomic E-state index is 0.0248. The minimum Gasteiger partial charge on any atom is -0.249 e. The van der Waals surface area contributed by atoms with Crippen molar-refractivity contribution in [1.82, 2.24) is 9.97 Å². The standard InChI is InChI=1S/C15H15BrN2/c1-14(2)9-7-8-15(14,16)13-12(9)17-10-5-3-4-6-11(10)18-13/h3-6,9H,7-8H2,1-2H3/t9-,15+/m0/s1. The molecule has 1 heterocycles. The van der Waals surface area contributed by atoms with Gasteiger partial charge in [0, 0.05) is 5.92 Å². The first-order valence-electron chi connectivity index (χ1n) is 6.50. The Morgan fingerprint density at radius 1 is 1.17 bits per heavy atom. The highest BCUT2D eigenvalue weighted by Crippen LogP contribution is 2.69. The number of aromatic nitrogens is 2. The second kappa shape index (κ2) is 3.13. The van der Waals surface area contributed by atoms with Gasteiger partial charge in [-0.1, -0.05) is 41.9 Å². The number of benzene rings is 1. The average molecular weight is 303 g/mol. The number of hydrogen-bond donors (Lipinski definition) is 0. The Balaban J connectivity index is 2.08. The molecule has 0 aliphatic heterocycles. The molecule has 92 valence electrons. The van der Waals surface area contributed by atoms with Crippen LogP contribution in [0.1, 0.15) is 44.0 Å². The van der Waals surface area contributed by atoms with Gasteiger partial charge in [0.15, 0.2) is 0 Å². The molecule has 3 heteroatoms. The van der Waals surface area contributed by atoms with Crippen LogP contribution in [0.2, 0.25) is 0 Å². The van der Waals surface area contributed by atoms with Gasteiger partial charge >= 0.3 is 0 Å². The van der Waals surface area contributed by atoms with E-state index in [0.29, 0.717) is 5.92 Å². The summed E-state index contributed by atoms with van der Waals surface area (Å²) in [7, 11) is 0.